The lowest BCUT2D eigenvalue weighted by molar-refractivity contribution is 0.0882. The van der Waals surface area contributed by atoms with E-state index < -0.39 is 0 Å². The van der Waals surface area contributed by atoms with Gasteiger partial charge in [0, 0.05) is 25.6 Å². The van der Waals surface area contributed by atoms with E-state index >= 15 is 0 Å². The number of ether oxygens (including phenoxy) is 2. The number of rotatable bonds is 4. The largest absolute Gasteiger partial charge is 0.497 e. The summed E-state index contributed by atoms with van der Waals surface area (Å²) in [6.45, 7) is 1.85. The molecule has 1 aliphatic rings. The van der Waals surface area contributed by atoms with Gasteiger partial charge < -0.3 is 14.8 Å². The van der Waals surface area contributed by atoms with Gasteiger partial charge in [-0.1, -0.05) is 12.1 Å². The molecule has 0 bridgehead atoms. The minimum absolute atomic E-state index is 0.417. The van der Waals surface area contributed by atoms with Crippen molar-refractivity contribution in [3.8, 4) is 5.75 Å². The van der Waals surface area contributed by atoms with E-state index in [1.165, 1.54) is 5.56 Å². The molecule has 1 fully saturated rings. The monoisotopic (exact) mass is 207 g/mol. The highest BCUT2D eigenvalue weighted by Crippen LogP contribution is 2.31. The topological polar surface area (TPSA) is 30.5 Å². The molecule has 1 N–H and O–H groups in total. The first-order valence-corrected chi connectivity index (χ1v) is 5.21. The van der Waals surface area contributed by atoms with E-state index in [9.17, 15) is 0 Å². The molecule has 0 spiro atoms. The average Bonchev–Trinajstić information content (AvgIpc) is 2.25. The van der Waals surface area contributed by atoms with Crippen LogP contribution < -0.4 is 10.1 Å². The van der Waals surface area contributed by atoms with Crippen LogP contribution in [0.5, 0.6) is 5.75 Å². The zero-order chi connectivity index (χ0) is 10.7. The van der Waals surface area contributed by atoms with Gasteiger partial charge in [0.15, 0.2) is 0 Å². The van der Waals surface area contributed by atoms with E-state index in [-0.39, 0.29) is 0 Å². The number of hydrogen-bond acceptors (Lipinski definition) is 3. The predicted molar refractivity (Wildman–Crippen MR) is 59.1 cm³/mol. The van der Waals surface area contributed by atoms with Crippen molar-refractivity contribution in [3.05, 3.63) is 29.8 Å². The molecule has 15 heavy (non-hydrogen) atoms. The predicted octanol–water partition coefficient (Wildman–Crippen LogP) is 1.60. The summed E-state index contributed by atoms with van der Waals surface area (Å²) in [7, 11) is 3.45. The first-order valence-electron chi connectivity index (χ1n) is 5.21. The SMILES string of the molecule is COCC1CNC1c1cccc(OC)c1. The zero-order valence-corrected chi connectivity index (χ0v) is 9.19. The Kier molecular flexibility index (Phi) is 3.23. The molecule has 2 atom stereocenters. The standard InChI is InChI=1S/C12H17NO2/c1-14-8-10-7-13-12(10)9-4-3-5-11(6-9)15-2/h3-6,10,12-13H,7-8H2,1-2H3. The van der Waals surface area contributed by atoms with Crippen molar-refractivity contribution in [2.75, 3.05) is 27.4 Å². The van der Waals surface area contributed by atoms with Gasteiger partial charge >= 0.3 is 0 Å². The van der Waals surface area contributed by atoms with Gasteiger partial charge in [0.05, 0.1) is 13.7 Å². The Morgan fingerprint density at radius 1 is 1.40 bits per heavy atom. The highest BCUT2D eigenvalue weighted by atomic mass is 16.5. The van der Waals surface area contributed by atoms with Crippen LogP contribution in [0.4, 0.5) is 0 Å². The second kappa shape index (κ2) is 4.64. The summed E-state index contributed by atoms with van der Waals surface area (Å²) in [6.07, 6.45) is 0. The highest BCUT2D eigenvalue weighted by molar-refractivity contribution is 5.32. The third-order valence-electron chi connectivity index (χ3n) is 2.91. The van der Waals surface area contributed by atoms with Crippen molar-refractivity contribution in [1.29, 1.82) is 0 Å². The molecule has 3 nitrogen and oxygen atoms in total. The van der Waals surface area contributed by atoms with Crippen LogP contribution in [-0.2, 0) is 4.74 Å². The second-order valence-electron chi connectivity index (χ2n) is 3.88. The van der Waals surface area contributed by atoms with Gasteiger partial charge in [-0.15, -0.1) is 0 Å². The van der Waals surface area contributed by atoms with Gasteiger partial charge in [0.25, 0.3) is 0 Å². The van der Waals surface area contributed by atoms with Crippen LogP contribution >= 0.6 is 0 Å². The van der Waals surface area contributed by atoms with E-state index in [2.05, 4.69) is 17.4 Å². The van der Waals surface area contributed by atoms with Gasteiger partial charge in [-0.25, -0.2) is 0 Å². The van der Waals surface area contributed by atoms with E-state index in [4.69, 9.17) is 9.47 Å². The minimum atomic E-state index is 0.417. The molecular formula is C12H17NO2. The molecule has 1 aromatic rings. The molecule has 1 aliphatic heterocycles. The van der Waals surface area contributed by atoms with Crippen molar-refractivity contribution < 1.29 is 9.47 Å². The maximum atomic E-state index is 5.21. The molecule has 0 radical (unpaired) electrons. The fraction of sp³-hybridized carbons (Fsp3) is 0.500. The van der Waals surface area contributed by atoms with Crippen molar-refractivity contribution in [3.63, 3.8) is 0 Å². The number of benzene rings is 1. The fourth-order valence-electron chi connectivity index (χ4n) is 2.00. The zero-order valence-electron chi connectivity index (χ0n) is 9.19. The maximum absolute atomic E-state index is 5.21. The minimum Gasteiger partial charge on any atom is -0.497 e. The fourth-order valence-corrected chi connectivity index (χ4v) is 2.00. The normalized spacial score (nSPS) is 24.7. The first-order chi connectivity index (χ1) is 7.35. The number of hydrogen-bond donors (Lipinski definition) is 1. The Morgan fingerprint density at radius 3 is 2.87 bits per heavy atom. The van der Waals surface area contributed by atoms with Crippen LogP contribution in [0.15, 0.2) is 24.3 Å². The van der Waals surface area contributed by atoms with Crippen LogP contribution in [0.25, 0.3) is 0 Å². The summed E-state index contributed by atoms with van der Waals surface area (Å²) in [4.78, 5) is 0. The van der Waals surface area contributed by atoms with Crippen molar-refractivity contribution >= 4 is 0 Å². The first kappa shape index (κ1) is 10.5. The van der Waals surface area contributed by atoms with Crippen molar-refractivity contribution in [1.82, 2.24) is 5.32 Å². The molecule has 2 unspecified atom stereocenters. The van der Waals surface area contributed by atoms with Crippen molar-refractivity contribution in [2.45, 2.75) is 6.04 Å². The van der Waals surface area contributed by atoms with E-state index in [0.29, 0.717) is 12.0 Å². The maximum Gasteiger partial charge on any atom is 0.119 e. The molecule has 1 aromatic carbocycles. The third kappa shape index (κ3) is 2.13. The van der Waals surface area contributed by atoms with Crippen LogP contribution in [0.3, 0.4) is 0 Å². The van der Waals surface area contributed by atoms with E-state index in [1.807, 2.05) is 12.1 Å². The Hall–Kier alpha value is -1.06. The molecule has 1 saturated heterocycles. The quantitative estimate of drug-likeness (QED) is 0.813. The van der Waals surface area contributed by atoms with Crippen LogP contribution in [0.2, 0.25) is 0 Å². The van der Waals surface area contributed by atoms with Gasteiger partial charge in [-0.05, 0) is 17.7 Å². The highest BCUT2D eigenvalue weighted by Gasteiger charge is 2.31. The Balaban J connectivity index is 2.08. The summed E-state index contributed by atoms with van der Waals surface area (Å²) < 4.78 is 10.4. The van der Waals surface area contributed by atoms with Gasteiger partial charge in [0.2, 0.25) is 0 Å². The van der Waals surface area contributed by atoms with Crippen LogP contribution in [-0.4, -0.2) is 27.4 Å². The van der Waals surface area contributed by atoms with E-state index in [0.717, 1.165) is 18.9 Å². The number of nitrogens with one attached hydrogen (secondary N) is 1. The summed E-state index contributed by atoms with van der Waals surface area (Å²) in [5.41, 5.74) is 1.28. The molecule has 82 valence electrons. The summed E-state index contributed by atoms with van der Waals surface area (Å²) >= 11 is 0. The Bertz CT molecular complexity index is 327. The molecule has 0 aromatic heterocycles. The lowest BCUT2D eigenvalue weighted by atomic mass is 9.86. The molecule has 0 saturated carbocycles. The Morgan fingerprint density at radius 2 is 2.27 bits per heavy atom. The molecule has 1 heterocycles. The van der Waals surface area contributed by atoms with Crippen LogP contribution in [0, 0.1) is 5.92 Å². The molecule has 3 heteroatoms. The van der Waals surface area contributed by atoms with Crippen molar-refractivity contribution in [2.24, 2.45) is 5.92 Å². The van der Waals surface area contributed by atoms with Crippen LogP contribution in [0.1, 0.15) is 11.6 Å². The van der Waals surface area contributed by atoms with Gasteiger partial charge in [0.1, 0.15) is 5.75 Å². The smallest absolute Gasteiger partial charge is 0.119 e. The molecule has 0 aliphatic carbocycles. The summed E-state index contributed by atoms with van der Waals surface area (Å²) in [5, 5.41) is 3.41. The molecular weight excluding hydrogens is 190 g/mol. The van der Waals surface area contributed by atoms with Gasteiger partial charge in [-0.3, -0.25) is 0 Å². The average molecular weight is 207 g/mol. The lowest BCUT2D eigenvalue weighted by Crippen LogP contribution is -2.47. The Labute approximate surface area is 90.4 Å². The summed E-state index contributed by atoms with van der Waals surface area (Å²) in [6, 6.07) is 8.62. The second-order valence-corrected chi connectivity index (χ2v) is 3.88. The summed E-state index contributed by atoms with van der Waals surface area (Å²) in [5.74, 6) is 1.50. The lowest BCUT2D eigenvalue weighted by Gasteiger charge is -2.38. The molecule has 2 rings (SSSR count). The number of methoxy groups -OCH3 is 2. The van der Waals surface area contributed by atoms with E-state index in [1.54, 1.807) is 14.2 Å². The van der Waals surface area contributed by atoms with Gasteiger partial charge in [-0.2, -0.15) is 0 Å². The molecule has 0 amide bonds. The third-order valence-corrected chi connectivity index (χ3v) is 2.91.